The smallest absolute Gasteiger partial charge is 0.271 e. The molecule has 0 amide bonds. The molecule has 0 radical (unpaired) electrons. The van der Waals surface area contributed by atoms with Gasteiger partial charge in [0.25, 0.3) is 5.69 Å². The van der Waals surface area contributed by atoms with Gasteiger partial charge in [0.2, 0.25) is 0 Å². The monoisotopic (exact) mass is 241 g/mol. The second-order valence-corrected chi connectivity index (χ2v) is 3.34. The minimum absolute atomic E-state index is 0.0377. The molecule has 0 aliphatic carbocycles. The molecule has 0 saturated carbocycles. The van der Waals surface area contributed by atoms with Crippen molar-refractivity contribution in [2.45, 2.75) is 0 Å². The van der Waals surface area contributed by atoms with E-state index in [1.807, 2.05) is 0 Å². The molecule has 0 saturated heterocycles. The van der Waals surface area contributed by atoms with E-state index < -0.39 is 4.92 Å². The van der Waals surface area contributed by atoms with Crippen LogP contribution in [0.3, 0.4) is 0 Å². The van der Waals surface area contributed by atoms with Gasteiger partial charge in [-0.05, 0) is 6.07 Å². The summed E-state index contributed by atoms with van der Waals surface area (Å²) in [6, 6.07) is 3.07. The average Bonchev–Trinajstić information content (AvgIpc) is 2.53. The molecule has 2 aromatic rings. The highest BCUT2D eigenvalue weighted by atomic mass is 79.9. The van der Waals surface area contributed by atoms with Gasteiger partial charge in [0.05, 0.1) is 11.1 Å². The zero-order chi connectivity index (χ0) is 9.42. The molecule has 1 aromatic heterocycles. The summed E-state index contributed by atoms with van der Waals surface area (Å²) < 4.78 is 0.793. The van der Waals surface area contributed by atoms with E-state index in [0.717, 1.165) is 4.47 Å². The molecule has 2 rings (SSSR count). The summed E-state index contributed by atoms with van der Waals surface area (Å²) in [7, 11) is 0. The number of non-ortho nitro benzene ring substituents is 1. The normalized spacial score (nSPS) is 10.5. The molecular formula is C7H4BrN3O2. The highest BCUT2D eigenvalue weighted by Gasteiger charge is 2.14. The fraction of sp³-hybridized carbons (Fsp3) is 0. The predicted molar refractivity (Wildman–Crippen MR) is 50.4 cm³/mol. The van der Waals surface area contributed by atoms with Crippen molar-refractivity contribution in [3.05, 3.63) is 32.9 Å². The van der Waals surface area contributed by atoms with Crippen LogP contribution in [-0.4, -0.2) is 15.1 Å². The minimum Gasteiger partial charge on any atom is -0.271 e. The summed E-state index contributed by atoms with van der Waals surface area (Å²) in [4.78, 5) is 10.1. The lowest BCUT2D eigenvalue weighted by molar-refractivity contribution is -0.383. The van der Waals surface area contributed by atoms with E-state index in [1.54, 1.807) is 12.3 Å². The number of nitrogens with zero attached hydrogens (tertiary/aromatic N) is 2. The maximum Gasteiger partial charge on any atom is 0.294 e. The Morgan fingerprint density at radius 2 is 2.31 bits per heavy atom. The summed E-state index contributed by atoms with van der Waals surface area (Å²) in [6.07, 6.45) is 1.55. The van der Waals surface area contributed by atoms with Gasteiger partial charge in [-0.25, -0.2) is 0 Å². The van der Waals surface area contributed by atoms with E-state index in [-0.39, 0.29) is 5.69 Å². The van der Waals surface area contributed by atoms with Gasteiger partial charge in [0.1, 0.15) is 5.52 Å². The van der Waals surface area contributed by atoms with Crippen LogP contribution in [0.1, 0.15) is 0 Å². The molecular weight excluding hydrogens is 238 g/mol. The third kappa shape index (κ3) is 1.19. The Hall–Kier alpha value is -1.43. The number of nitro benzene ring substituents is 1. The number of hydrogen-bond donors (Lipinski definition) is 1. The van der Waals surface area contributed by atoms with Gasteiger partial charge in [0, 0.05) is 15.9 Å². The maximum atomic E-state index is 10.6. The van der Waals surface area contributed by atoms with Crippen molar-refractivity contribution >= 4 is 32.5 Å². The first-order chi connectivity index (χ1) is 6.20. The topological polar surface area (TPSA) is 71.8 Å². The molecule has 1 aromatic carbocycles. The second-order valence-electron chi connectivity index (χ2n) is 2.48. The van der Waals surface area contributed by atoms with Crippen LogP contribution in [0.15, 0.2) is 22.8 Å². The Bertz CT molecular complexity index is 480. The summed E-state index contributed by atoms with van der Waals surface area (Å²) in [5.74, 6) is 0. The van der Waals surface area contributed by atoms with Crippen molar-refractivity contribution in [3.8, 4) is 0 Å². The van der Waals surface area contributed by atoms with Gasteiger partial charge in [-0.3, -0.25) is 15.2 Å². The number of nitro groups is 1. The quantitative estimate of drug-likeness (QED) is 0.615. The van der Waals surface area contributed by atoms with Gasteiger partial charge in [-0.15, -0.1) is 0 Å². The molecule has 0 aliphatic rings. The van der Waals surface area contributed by atoms with Gasteiger partial charge < -0.3 is 0 Å². The van der Waals surface area contributed by atoms with Crippen LogP contribution in [-0.2, 0) is 0 Å². The maximum absolute atomic E-state index is 10.6. The zero-order valence-electron chi connectivity index (χ0n) is 6.32. The molecule has 13 heavy (non-hydrogen) atoms. The van der Waals surface area contributed by atoms with Crippen LogP contribution >= 0.6 is 15.9 Å². The number of H-pyrrole nitrogens is 1. The summed E-state index contributed by atoms with van der Waals surface area (Å²) >= 11 is 3.28. The fourth-order valence-corrected chi connectivity index (χ4v) is 1.57. The predicted octanol–water partition coefficient (Wildman–Crippen LogP) is 2.23. The Labute approximate surface area is 81.0 Å². The Balaban J connectivity index is 2.86. The van der Waals surface area contributed by atoms with Crippen LogP contribution in [0.5, 0.6) is 0 Å². The zero-order valence-corrected chi connectivity index (χ0v) is 7.91. The number of fused-ring (bicyclic) bond motifs is 1. The summed E-state index contributed by atoms with van der Waals surface area (Å²) in [6.45, 7) is 0. The first kappa shape index (κ1) is 8.18. The third-order valence-electron chi connectivity index (χ3n) is 1.74. The lowest BCUT2D eigenvalue weighted by Crippen LogP contribution is -1.89. The Morgan fingerprint density at radius 3 is 3.00 bits per heavy atom. The number of rotatable bonds is 1. The summed E-state index contributed by atoms with van der Waals surface area (Å²) in [5, 5.41) is 17.6. The van der Waals surface area contributed by atoms with Gasteiger partial charge >= 0.3 is 0 Å². The van der Waals surface area contributed by atoms with Gasteiger partial charge in [0.15, 0.2) is 0 Å². The fourth-order valence-electron chi connectivity index (χ4n) is 1.14. The second kappa shape index (κ2) is 2.81. The van der Waals surface area contributed by atoms with Crippen LogP contribution in [0.2, 0.25) is 0 Å². The van der Waals surface area contributed by atoms with Crippen LogP contribution in [0, 0.1) is 10.1 Å². The standard InChI is InChI=1S/C7H4BrN3O2/c8-5-1-2-6(11(12)13)7-4(5)3-9-10-7/h1-3H,(H,9,10). The highest BCUT2D eigenvalue weighted by Crippen LogP contribution is 2.29. The van der Waals surface area contributed by atoms with Crippen molar-refractivity contribution < 1.29 is 4.92 Å². The van der Waals surface area contributed by atoms with E-state index in [2.05, 4.69) is 26.1 Å². The van der Waals surface area contributed by atoms with Crippen LogP contribution < -0.4 is 0 Å². The van der Waals surface area contributed by atoms with Crippen molar-refractivity contribution in [3.63, 3.8) is 0 Å². The molecule has 1 N–H and O–H groups in total. The van der Waals surface area contributed by atoms with E-state index >= 15 is 0 Å². The van der Waals surface area contributed by atoms with Gasteiger partial charge in [-0.2, -0.15) is 5.10 Å². The van der Waals surface area contributed by atoms with E-state index in [9.17, 15) is 10.1 Å². The van der Waals surface area contributed by atoms with Crippen molar-refractivity contribution in [2.75, 3.05) is 0 Å². The third-order valence-corrected chi connectivity index (χ3v) is 2.43. The lowest BCUT2D eigenvalue weighted by Gasteiger charge is -1.94. The number of halogens is 1. The van der Waals surface area contributed by atoms with E-state index in [1.165, 1.54) is 6.07 Å². The average molecular weight is 242 g/mol. The SMILES string of the molecule is O=[N+]([O-])c1ccc(Br)c2cn[nH]c12. The van der Waals surface area contributed by atoms with Crippen molar-refractivity contribution in [1.29, 1.82) is 0 Å². The molecule has 0 unspecified atom stereocenters. The van der Waals surface area contributed by atoms with Crippen LogP contribution in [0.4, 0.5) is 5.69 Å². The van der Waals surface area contributed by atoms with E-state index in [4.69, 9.17) is 0 Å². The molecule has 0 aliphatic heterocycles. The molecule has 5 nitrogen and oxygen atoms in total. The first-order valence-electron chi connectivity index (χ1n) is 3.46. The highest BCUT2D eigenvalue weighted by molar-refractivity contribution is 9.10. The molecule has 6 heteroatoms. The van der Waals surface area contributed by atoms with Crippen molar-refractivity contribution in [2.24, 2.45) is 0 Å². The molecule has 0 spiro atoms. The largest absolute Gasteiger partial charge is 0.294 e. The number of aromatic nitrogens is 2. The Kier molecular flexibility index (Phi) is 1.77. The molecule has 66 valence electrons. The Morgan fingerprint density at radius 1 is 1.54 bits per heavy atom. The lowest BCUT2D eigenvalue weighted by atomic mass is 10.2. The molecule has 1 heterocycles. The minimum atomic E-state index is -0.438. The van der Waals surface area contributed by atoms with Gasteiger partial charge in [-0.1, -0.05) is 15.9 Å². The first-order valence-corrected chi connectivity index (χ1v) is 4.25. The number of benzene rings is 1. The number of hydrogen-bond acceptors (Lipinski definition) is 3. The molecule has 0 fully saturated rings. The molecule has 0 bridgehead atoms. The van der Waals surface area contributed by atoms with Crippen molar-refractivity contribution in [1.82, 2.24) is 10.2 Å². The summed E-state index contributed by atoms with van der Waals surface area (Å²) in [5.41, 5.74) is 0.482. The number of aromatic amines is 1. The molecule has 0 atom stereocenters. The number of nitrogens with one attached hydrogen (secondary N) is 1. The van der Waals surface area contributed by atoms with Crippen LogP contribution in [0.25, 0.3) is 10.9 Å². The van der Waals surface area contributed by atoms with E-state index in [0.29, 0.717) is 10.9 Å².